The summed E-state index contributed by atoms with van der Waals surface area (Å²) in [4.78, 5) is 16.4. The van der Waals surface area contributed by atoms with Crippen molar-refractivity contribution < 1.29 is 13.2 Å². The largest absolute Gasteiger partial charge is 0.416 e. The van der Waals surface area contributed by atoms with Crippen LogP contribution in [0.3, 0.4) is 0 Å². The smallest absolute Gasteiger partial charge is 0.334 e. The first-order chi connectivity index (χ1) is 10.4. The predicted octanol–water partition coefficient (Wildman–Crippen LogP) is 2.80. The molecule has 1 heterocycles. The van der Waals surface area contributed by atoms with Crippen molar-refractivity contribution in [2.45, 2.75) is 6.18 Å². The third kappa shape index (κ3) is 2.30. The van der Waals surface area contributed by atoms with E-state index in [1.807, 2.05) is 0 Å². The molecule has 0 aliphatic carbocycles. The molecule has 3 rings (SSSR count). The molecule has 0 spiro atoms. The Labute approximate surface area is 122 Å². The number of alkyl halides is 3. The quantitative estimate of drug-likeness (QED) is 0.703. The molecule has 2 aromatic carbocycles. The first-order valence-corrected chi connectivity index (χ1v) is 6.32. The fourth-order valence-corrected chi connectivity index (χ4v) is 2.16. The molecule has 0 unspecified atom stereocenters. The third-order valence-electron chi connectivity index (χ3n) is 3.28. The number of halogens is 3. The molecule has 0 fully saturated rings. The maximum absolute atomic E-state index is 12.6. The molecular formula is C15H10F3N3O. The van der Waals surface area contributed by atoms with Crippen molar-refractivity contribution in [2.75, 3.05) is 5.84 Å². The average molecular weight is 305 g/mol. The molecule has 0 saturated carbocycles. The lowest BCUT2D eigenvalue weighted by molar-refractivity contribution is -0.137. The number of para-hydroxylation sites is 1. The van der Waals surface area contributed by atoms with Gasteiger partial charge >= 0.3 is 6.18 Å². The van der Waals surface area contributed by atoms with E-state index in [2.05, 4.69) is 4.98 Å². The van der Waals surface area contributed by atoms with Gasteiger partial charge in [-0.05, 0) is 24.3 Å². The third-order valence-corrected chi connectivity index (χ3v) is 3.28. The highest BCUT2D eigenvalue weighted by Gasteiger charge is 2.30. The summed E-state index contributed by atoms with van der Waals surface area (Å²) in [7, 11) is 0. The van der Waals surface area contributed by atoms with Gasteiger partial charge in [0.15, 0.2) is 5.82 Å². The van der Waals surface area contributed by atoms with Crippen LogP contribution in [0.5, 0.6) is 0 Å². The monoisotopic (exact) mass is 305 g/mol. The lowest BCUT2D eigenvalue weighted by atomic mass is 10.1. The lowest BCUT2D eigenvalue weighted by Crippen LogP contribution is -2.29. The Hall–Kier alpha value is -2.83. The predicted molar refractivity (Wildman–Crippen MR) is 76.6 cm³/mol. The standard InChI is InChI=1S/C15H10F3N3O/c16-15(17,18)10-7-5-9(6-8-10)13-20-12-4-2-1-3-11(12)14(22)21(13)19/h1-8H,19H2. The number of nitrogens with two attached hydrogens (primary N) is 1. The van der Waals surface area contributed by atoms with Crippen LogP contribution >= 0.6 is 0 Å². The van der Waals surface area contributed by atoms with E-state index in [1.165, 1.54) is 12.1 Å². The van der Waals surface area contributed by atoms with Crippen LogP contribution in [-0.4, -0.2) is 9.66 Å². The van der Waals surface area contributed by atoms with Crippen LogP contribution in [0.15, 0.2) is 53.3 Å². The highest BCUT2D eigenvalue weighted by Crippen LogP contribution is 2.30. The van der Waals surface area contributed by atoms with Crippen LogP contribution < -0.4 is 11.4 Å². The van der Waals surface area contributed by atoms with Crippen molar-refractivity contribution in [3.8, 4) is 11.4 Å². The van der Waals surface area contributed by atoms with Crippen molar-refractivity contribution in [2.24, 2.45) is 0 Å². The maximum atomic E-state index is 12.6. The molecule has 4 nitrogen and oxygen atoms in total. The molecule has 0 radical (unpaired) electrons. The van der Waals surface area contributed by atoms with E-state index in [4.69, 9.17) is 5.84 Å². The van der Waals surface area contributed by atoms with E-state index in [0.29, 0.717) is 16.5 Å². The Morgan fingerprint density at radius 3 is 2.27 bits per heavy atom. The van der Waals surface area contributed by atoms with Crippen molar-refractivity contribution in [3.63, 3.8) is 0 Å². The van der Waals surface area contributed by atoms with Gasteiger partial charge < -0.3 is 5.84 Å². The second-order valence-electron chi connectivity index (χ2n) is 4.70. The minimum absolute atomic E-state index is 0.109. The molecule has 0 bridgehead atoms. The number of hydrogen-bond donors (Lipinski definition) is 1. The lowest BCUT2D eigenvalue weighted by Gasteiger charge is -2.10. The fraction of sp³-hybridized carbons (Fsp3) is 0.0667. The van der Waals surface area contributed by atoms with E-state index in [1.54, 1.807) is 24.3 Å². The van der Waals surface area contributed by atoms with Crippen LogP contribution in [0.1, 0.15) is 5.56 Å². The normalized spacial score (nSPS) is 11.8. The summed E-state index contributed by atoms with van der Waals surface area (Å²) in [6, 6.07) is 11.0. The Balaban J connectivity index is 2.18. The van der Waals surface area contributed by atoms with Gasteiger partial charge in [-0.15, -0.1) is 0 Å². The van der Waals surface area contributed by atoms with Crippen LogP contribution in [0.2, 0.25) is 0 Å². The first kappa shape index (κ1) is 14.1. The summed E-state index contributed by atoms with van der Waals surface area (Å²) < 4.78 is 38.6. The number of nitrogens with zero attached hydrogens (tertiary/aromatic N) is 2. The molecule has 0 amide bonds. The molecule has 22 heavy (non-hydrogen) atoms. The van der Waals surface area contributed by atoms with Crippen LogP contribution in [-0.2, 0) is 6.18 Å². The fourth-order valence-electron chi connectivity index (χ4n) is 2.16. The number of rotatable bonds is 1. The molecule has 0 aliphatic heterocycles. The highest BCUT2D eigenvalue weighted by atomic mass is 19.4. The summed E-state index contributed by atoms with van der Waals surface area (Å²) in [5.74, 6) is 5.83. The number of fused-ring (bicyclic) bond motifs is 1. The minimum atomic E-state index is -4.42. The van der Waals surface area contributed by atoms with Crippen LogP contribution in [0.25, 0.3) is 22.3 Å². The van der Waals surface area contributed by atoms with Gasteiger partial charge in [0.05, 0.1) is 16.5 Å². The van der Waals surface area contributed by atoms with Crippen LogP contribution in [0.4, 0.5) is 13.2 Å². The Morgan fingerprint density at radius 1 is 1.00 bits per heavy atom. The number of benzene rings is 2. The van der Waals surface area contributed by atoms with E-state index < -0.39 is 17.3 Å². The molecule has 112 valence electrons. The van der Waals surface area contributed by atoms with E-state index >= 15 is 0 Å². The molecular weight excluding hydrogens is 295 g/mol. The molecule has 7 heteroatoms. The zero-order valence-electron chi connectivity index (χ0n) is 11.1. The average Bonchev–Trinajstić information content (AvgIpc) is 2.50. The molecule has 3 aromatic rings. The molecule has 2 N–H and O–H groups in total. The summed E-state index contributed by atoms with van der Waals surface area (Å²) in [6.45, 7) is 0. The molecule has 1 aromatic heterocycles. The second-order valence-corrected chi connectivity index (χ2v) is 4.70. The SMILES string of the molecule is Nn1c(-c2ccc(C(F)(F)F)cc2)nc2ccccc2c1=O. The number of hydrogen-bond acceptors (Lipinski definition) is 3. The van der Waals surface area contributed by atoms with E-state index in [-0.39, 0.29) is 5.82 Å². The van der Waals surface area contributed by atoms with Crippen molar-refractivity contribution >= 4 is 10.9 Å². The molecule has 0 saturated heterocycles. The van der Waals surface area contributed by atoms with Crippen molar-refractivity contribution in [1.82, 2.24) is 9.66 Å². The maximum Gasteiger partial charge on any atom is 0.416 e. The summed E-state index contributed by atoms with van der Waals surface area (Å²) in [5, 5.41) is 0.348. The zero-order valence-corrected chi connectivity index (χ0v) is 11.1. The summed E-state index contributed by atoms with van der Waals surface area (Å²) in [6.07, 6.45) is -4.42. The van der Waals surface area contributed by atoms with Gasteiger partial charge in [-0.2, -0.15) is 13.2 Å². The first-order valence-electron chi connectivity index (χ1n) is 6.32. The Kier molecular flexibility index (Phi) is 3.13. The van der Waals surface area contributed by atoms with E-state index in [0.717, 1.165) is 16.8 Å². The zero-order chi connectivity index (χ0) is 15.9. The Bertz CT molecular complexity index is 899. The van der Waals surface area contributed by atoms with Crippen LogP contribution in [0, 0.1) is 0 Å². The minimum Gasteiger partial charge on any atom is -0.334 e. The van der Waals surface area contributed by atoms with Crippen molar-refractivity contribution in [1.29, 1.82) is 0 Å². The van der Waals surface area contributed by atoms with Crippen molar-refractivity contribution in [3.05, 3.63) is 64.4 Å². The molecule has 0 atom stereocenters. The van der Waals surface area contributed by atoms with E-state index in [9.17, 15) is 18.0 Å². The summed E-state index contributed by atoms with van der Waals surface area (Å²) >= 11 is 0. The second kappa shape index (κ2) is 4.87. The number of nitrogen functional groups attached to an aromatic ring is 1. The Morgan fingerprint density at radius 2 is 1.64 bits per heavy atom. The molecule has 0 aliphatic rings. The van der Waals surface area contributed by atoms with Gasteiger partial charge in [0.1, 0.15) is 0 Å². The van der Waals surface area contributed by atoms with Gasteiger partial charge in [-0.3, -0.25) is 4.79 Å². The van der Waals surface area contributed by atoms with Gasteiger partial charge in [0.2, 0.25) is 0 Å². The van der Waals surface area contributed by atoms with Gasteiger partial charge in [-0.1, -0.05) is 24.3 Å². The van der Waals surface area contributed by atoms with Gasteiger partial charge in [-0.25, -0.2) is 9.66 Å². The summed E-state index contributed by atoms with van der Waals surface area (Å²) in [5.41, 5.74) is -0.467. The van der Waals surface area contributed by atoms with Gasteiger partial charge in [0.25, 0.3) is 5.56 Å². The van der Waals surface area contributed by atoms with Gasteiger partial charge in [0, 0.05) is 5.56 Å². The highest BCUT2D eigenvalue weighted by molar-refractivity contribution is 5.79. The topological polar surface area (TPSA) is 60.9 Å². The number of aromatic nitrogens is 2.